The van der Waals surface area contributed by atoms with Crippen molar-refractivity contribution in [3.63, 3.8) is 0 Å². The van der Waals surface area contributed by atoms with Gasteiger partial charge in [0.15, 0.2) is 12.1 Å². The van der Waals surface area contributed by atoms with Gasteiger partial charge in [0.05, 0.1) is 16.7 Å². The van der Waals surface area contributed by atoms with Gasteiger partial charge in [-0.1, -0.05) is 12.1 Å². The van der Waals surface area contributed by atoms with Gasteiger partial charge in [0, 0.05) is 10.9 Å². The molecule has 0 radical (unpaired) electrons. The number of hydrogen-bond donors (Lipinski definition) is 2. The predicted octanol–water partition coefficient (Wildman–Crippen LogP) is 3.59. The van der Waals surface area contributed by atoms with Crippen molar-refractivity contribution in [2.24, 2.45) is 10.7 Å². The lowest BCUT2D eigenvalue weighted by atomic mass is 10.2. The zero-order valence-corrected chi connectivity index (χ0v) is 14.2. The fraction of sp³-hybridized carbons (Fsp3) is 0.0556. The molecule has 3 N–H and O–H groups in total. The molecular weight excluding hydrogens is 351 g/mol. The molecule has 128 valence electrons. The molecule has 0 saturated heterocycles. The molecule has 5 rings (SSSR count). The Hall–Kier alpha value is -3.26. The molecule has 1 atom stereocenters. The van der Waals surface area contributed by atoms with Crippen LogP contribution in [0.1, 0.15) is 11.9 Å². The Bertz CT molecular complexity index is 1140. The molecular formula is C18H13FN6S. The van der Waals surface area contributed by atoms with Crippen LogP contribution >= 0.6 is 11.3 Å². The number of imidazole rings is 1. The van der Waals surface area contributed by atoms with E-state index in [2.05, 4.69) is 15.3 Å². The maximum Gasteiger partial charge on any atom is 0.212 e. The number of anilines is 1. The lowest BCUT2D eigenvalue weighted by Gasteiger charge is -2.22. The van der Waals surface area contributed by atoms with Crippen molar-refractivity contribution in [3.8, 4) is 10.6 Å². The minimum atomic E-state index is -0.399. The third-order valence-corrected chi connectivity index (χ3v) is 5.13. The quantitative estimate of drug-likeness (QED) is 0.570. The summed E-state index contributed by atoms with van der Waals surface area (Å²) >= 11 is 1.49. The van der Waals surface area contributed by atoms with Crippen molar-refractivity contribution in [3.05, 3.63) is 65.4 Å². The second-order valence-electron chi connectivity index (χ2n) is 5.89. The van der Waals surface area contributed by atoms with Crippen molar-refractivity contribution in [2.75, 3.05) is 5.32 Å². The number of benzene rings is 2. The zero-order chi connectivity index (χ0) is 17.7. The van der Waals surface area contributed by atoms with E-state index in [4.69, 9.17) is 10.7 Å². The Balaban J connectivity index is 1.62. The summed E-state index contributed by atoms with van der Waals surface area (Å²) < 4.78 is 15.1. The van der Waals surface area contributed by atoms with Gasteiger partial charge in [-0.2, -0.15) is 0 Å². The van der Waals surface area contributed by atoms with E-state index in [9.17, 15) is 4.39 Å². The lowest BCUT2D eigenvalue weighted by molar-refractivity contribution is 0.612. The summed E-state index contributed by atoms with van der Waals surface area (Å²) in [4.78, 5) is 13.8. The monoisotopic (exact) mass is 364 g/mol. The first kappa shape index (κ1) is 15.0. The van der Waals surface area contributed by atoms with Gasteiger partial charge in [0.2, 0.25) is 5.95 Å². The molecule has 3 heterocycles. The molecule has 0 fully saturated rings. The molecule has 2 aromatic heterocycles. The fourth-order valence-corrected chi connectivity index (χ4v) is 3.88. The van der Waals surface area contributed by atoms with Gasteiger partial charge in [0.1, 0.15) is 10.8 Å². The molecule has 1 aliphatic heterocycles. The highest BCUT2D eigenvalue weighted by Crippen LogP contribution is 2.34. The van der Waals surface area contributed by atoms with Gasteiger partial charge >= 0.3 is 0 Å². The molecule has 6 nitrogen and oxygen atoms in total. The third-order valence-electron chi connectivity index (χ3n) is 4.22. The Morgan fingerprint density at radius 1 is 1.08 bits per heavy atom. The van der Waals surface area contributed by atoms with Crippen LogP contribution in [0.3, 0.4) is 0 Å². The smallest absolute Gasteiger partial charge is 0.212 e. The molecule has 0 spiro atoms. The second kappa shape index (κ2) is 5.63. The number of para-hydroxylation sites is 2. The molecule has 1 unspecified atom stereocenters. The van der Waals surface area contributed by atoms with E-state index in [0.717, 1.165) is 27.3 Å². The van der Waals surface area contributed by atoms with Gasteiger partial charge in [-0.3, -0.25) is 9.88 Å². The summed E-state index contributed by atoms with van der Waals surface area (Å²) in [5.74, 6) is 0.671. The Morgan fingerprint density at radius 2 is 1.88 bits per heavy atom. The van der Waals surface area contributed by atoms with Crippen LogP contribution in [-0.2, 0) is 0 Å². The number of nitrogens with zero attached hydrogens (tertiary/aromatic N) is 4. The van der Waals surface area contributed by atoms with Crippen LogP contribution in [-0.4, -0.2) is 20.5 Å². The van der Waals surface area contributed by atoms with E-state index in [1.807, 2.05) is 34.2 Å². The van der Waals surface area contributed by atoms with Crippen molar-refractivity contribution in [2.45, 2.75) is 6.17 Å². The number of guanidine groups is 1. The van der Waals surface area contributed by atoms with Crippen LogP contribution in [0.2, 0.25) is 0 Å². The standard InChI is InChI=1S/C18H13FN6S/c19-11-7-5-10(6-8-11)16-21-13(9-26-16)15-23-17(20)24-18-22-12-3-1-2-4-14(12)25(15)18/h1-9,15H,(H3,20,22,23,24). The minimum Gasteiger partial charge on any atom is -0.370 e. The first-order chi connectivity index (χ1) is 12.7. The first-order valence-corrected chi connectivity index (χ1v) is 8.85. The number of nitrogens with one attached hydrogen (secondary N) is 1. The van der Waals surface area contributed by atoms with E-state index < -0.39 is 6.17 Å². The van der Waals surface area contributed by atoms with E-state index in [-0.39, 0.29) is 5.82 Å². The van der Waals surface area contributed by atoms with Gasteiger partial charge in [-0.05, 0) is 36.4 Å². The van der Waals surface area contributed by atoms with Crippen molar-refractivity contribution >= 4 is 34.3 Å². The van der Waals surface area contributed by atoms with Crippen LogP contribution in [0.4, 0.5) is 10.3 Å². The highest BCUT2D eigenvalue weighted by Gasteiger charge is 2.26. The highest BCUT2D eigenvalue weighted by atomic mass is 32.1. The van der Waals surface area contributed by atoms with Gasteiger partial charge < -0.3 is 5.73 Å². The number of thiazole rings is 1. The molecule has 1 aliphatic rings. The van der Waals surface area contributed by atoms with Crippen molar-refractivity contribution in [1.29, 1.82) is 0 Å². The number of aromatic nitrogens is 3. The normalized spacial score (nSPS) is 16.2. The van der Waals surface area contributed by atoms with Crippen LogP contribution < -0.4 is 11.1 Å². The second-order valence-corrected chi connectivity index (χ2v) is 6.75. The van der Waals surface area contributed by atoms with Crippen molar-refractivity contribution in [1.82, 2.24) is 14.5 Å². The number of fused-ring (bicyclic) bond motifs is 3. The van der Waals surface area contributed by atoms with Crippen LogP contribution in [0.25, 0.3) is 21.6 Å². The summed E-state index contributed by atoms with van der Waals surface area (Å²) in [6.45, 7) is 0. The maximum atomic E-state index is 13.2. The lowest BCUT2D eigenvalue weighted by Crippen LogP contribution is -2.31. The van der Waals surface area contributed by atoms with Crippen LogP contribution in [0.15, 0.2) is 58.9 Å². The number of rotatable bonds is 2. The zero-order valence-electron chi connectivity index (χ0n) is 13.4. The molecule has 8 heteroatoms. The van der Waals surface area contributed by atoms with Crippen molar-refractivity contribution < 1.29 is 4.39 Å². The SMILES string of the molecule is NC1=NC(c2csc(-c3ccc(F)cc3)n2)n2c(nc3ccccc32)N1. The molecule has 0 aliphatic carbocycles. The predicted molar refractivity (Wildman–Crippen MR) is 101 cm³/mol. The van der Waals surface area contributed by atoms with Crippen LogP contribution in [0, 0.1) is 5.82 Å². The first-order valence-electron chi connectivity index (χ1n) is 7.98. The highest BCUT2D eigenvalue weighted by molar-refractivity contribution is 7.13. The van der Waals surface area contributed by atoms with E-state index in [1.54, 1.807) is 12.1 Å². The number of hydrogen-bond acceptors (Lipinski definition) is 6. The molecule has 0 amide bonds. The Morgan fingerprint density at radius 3 is 2.73 bits per heavy atom. The molecule has 0 bridgehead atoms. The number of nitrogens with two attached hydrogens (primary N) is 1. The average Bonchev–Trinajstić information content (AvgIpc) is 3.26. The minimum absolute atomic E-state index is 0.268. The van der Waals surface area contributed by atoms with Crippen LogP contribution in [0.5, 0.6) is 0 Å². The molecule has 2 aromatic carbocycles. The largest absolute Gasteiger partial charge is 0.370 e. The molecule has 4 aromatic rings. The summed E-state index contributed by atoms with van der Waals surface area (Å²) in [6.07, 6.45) is -0.399. The summed E-state index contributed by atoms with van der Waals surface area (Å²) in [5.41, 5.74) is 9.40. The molecule has 0 saturated carbocycles. The number of aliphatic imine (C=N–C) groups is 1. The van der Waals surface area contributed by atoms with E-state index >= 15 is 0 Å². The Kier molecular flexibility index (Phi) is 3.26. The van der Waals surface area contributed by atoms with E-state index in [0.29, 0.717) is 11.9 Å². The molecule has 26 heavy (non-hydrogen) atoms. The van der Waals surface area contributed by atoms with Gasteiger partial charge in [0.25, 0.3) is 0 Å². The number of halogens is 1. The average molecular weight is 364 g/mol. The topological polar surface area (TPSA) is 81.1 Å². The van der Waals surface area contributed by atoms with Gasteiger partial charge in [-0.25, -0.2) is 19.4 Å². The Labute approximate surface area is 151 Å². The third kappa shape index (κ3) is 2.34. The fourth-order valence-electron chi connectivity index (χ4n) is 3.04. The van der Waals surface area contributed by atoms with Gasteiger partial charge in [-0.15, -0.1) is 11.3 Å². The summed E-state index contributed by atoms with van der Waals surface area (Å²) in [5, 5.41) is 5.76. The summed E-state index contributed by atoms with van der Waals surface area (Å²) in [7, 11) is 0. The maximum absolute atomic E-state index is 13.2. The summed E-state index contributed by atoms with van der Waals surface area (Å²) in [6, 6.07) is 14.1. The van der Waals surface area contributed by atoms with E-state index in [1.165, 1.54) is 23.5 Å².